The maximum atomic E-state index is 12.0. The van der Waals surface area contributed by atoms with Crippen LogP contribution in [0.3, 0.4) is 0 Å². The van der Waals surface area contributed by atoms with Gasteiger partial charge in [0.25, 0.3) is 0 Å². The second-order valence-corrected chi connectivity index (χ2v) is 9.16. The lowest BCUT2D eigenvalue weighted by Crippen LogP contribution is -2.26. The van der Waals surface area contributed by atoms with E-state index in [0.717, 1.165) is 47.5 Å². The Balaban J connectivity index is 2.17. The summed E-state index contributed by atoms with van der Waals surface area (Å²) in [6.07, 6.45) is 3.61. The summed E-state index contributed by atoms with van der Waals surface area (Å²) in [5, 5.41) is 10.6. The number of aryl methyl sites for hydroxylation is 1. The molecule has 0 aliphatic heterocycles. The van der Waals surface area contributed by atoms with E-state index in [4.69, 9.17) is 0 Å². The molecule has 3 rings (SSSR count). The van der Waals surface area contributed by atoms with E-state index in [-0.39, 0.29) is 5.41 Å². The molecule has 5 heteroatoms. The van der Waals surface area contributed by atoms with Crippen LogP contribution in [0.2, 0.25) is 0 Å². The predicted octanol–water partition coefficient (Wildman–Crippen LogP) is 4.82. The standard InChI is InChI=1S/C20H25NO3S/c1-11-8-13(10-22)12(2)21(11)18-17(19(23)24)15-7-6-14(20(3,4)5)9-16(15)25-18/h8,10,14H,6-7,9H2,1-5H3,(H,23,24)/t14-/m1/s1. The average Bonchev–Trinajstić information content (AvgIpc) is 3.02. The van der Waals surface area contributed by atoms with Gasteiger partial charge in [-0.1, -0.05) is 20.8 Å². The minimum atomic E-state index is -0.873. The fourth-order valence-corrected chi connectivity index (χ4v) is 5.44. The first-order chi connectivity index (χ1) is 11.6. The number of rotatable bonds is 3. The molecule has 2 aromatic heterocycles. The SMILES string of the molecule is Cc1cc(C=O)c(C)n1-c1sc2c(c1C(=O)O)CC[C@@H](C(C)(C)C)C2. The molecule has 1 aliphatic carbocycles. The molecule has 1 atom stereocenters. The van der Waals surface area contributed by atoms with Crippen molar-refractivity contribution in [3.8, 4) is 5.00 Å². The molecule has 2 heterocycles. The van der Waals surface area contributed by atoms with E-state index in [1.165, 1.54) is 4.88 Å². The van der Waals surface area contributed by atoms with Crippen molar-refractivity contribution in [2.75, 3.05) is 0 Å². The normalized spacial score (nSPS) is 17.4. The zero-order valence-corrected chi connectivity index (χ0v) is 16.3. The van der Waals surface area contributed by atoms with E-state index in [1.807, 2.05) is 24.5 Å². The minimum absolute atomic E-state index is 0.217. The zero-order chi connectivity index (χ0) is 18.5. The Morgan fingerprint density at radius 2 is 2.04 bits per heavy atom. The molecule has 2 aromatic rings. The van der Waals surface area contributed by atoms with Crippen molar-refractivity contribution in [3.63, 3.8) is 0 Å². The Hall–Kier alpha value is -1.88. The molecule has 0 saturated heterocycles. The third kappa shape index (κ3) is 2.95. The lowest BCUT2D eigenvalue weighted by molar-refractivity contribution is 0.0695. The van der Waals surface area contributed by atoms with Crippen LogP contribution in [0, 0.1) is 25.2 Å². The van der Waals surface area contributed by atoms with Crippen molar-refractivity contribution >= 4 is 23.6 Å². The maximum Gasteiger partial charge on any atom is 0.339 e. The van der Waals surface area contributed by atoms with Crippen LogP contribution in [0.4, 0.5) is 0 Å². The summed E-state index contributed by atoms with van der Waals surface area (Å²) in [6.45, 7) is 10.6. The third-order valence-corrected chi connectivity index (χ3v) is 6.73. The summed E-state index contributed by atoms with van der Waals surface area (Å²) in [6, 6.07) is 1.82. The molecule has 0 unspecified atom stereocenters. The van der Waals surface area contributed by atoms with Gasteiger partial charge in [0.15, 0.2) is 6.29 Å². The molecule has 0 spiro atoms. The number of fused-ring (bicyclic) bond motifs is 1. The number of carboxylic acid groups (broad SMARTS) is 1. The molecule has 4 nitrogen and oxygen atoms in total. The molecule has 0 bridgehead atoms. The number of aromatic carboxylic acids is 1. The smallest absolute Gasteiger partial charge is 0.339 e. The Kier molecular flexibility index (Phi) is 4.40. The molecule has 0 aromatic carbocycles. The van der Waals surface area contributed by atoms with Gasteiger partial charge in [-0.2, -0.15) is 0 Å². The van der Waals surface area contributed by atoms with Gasteiger partial charge in [-0.3, -0.25) is 4.79 Å². The van der Waals surface area contributed by atoms with E-state index >= 15 is 0 Å². The number of carboxylic acids is 1. The van der Waals surface area contributed by atoms with Crippen LogP contribution in [0.1, 0.15) is 69.7 Å². The number of nitrogens with zero attached hydrogens (tertiary/aromatic N) is 1. The molecule has 0 radical (unpaired) electrons. The fraction of sp³-hybridized carbons (Fsp3) is 0.500. The van der Waals surface area contributed by atoms with Gasteiger partial charge in [-0.05, 0) is 56.1 Å². The first-order valence-electron chi connectivity index (χ1n) is 8.67. The Morgan fingerprint density at radius 3 is 2.56 bits per heavy atom. The van der Waals surface area contributed by atoms with E-state index in [1.54, 1.807) is 11.3 Å². The molecular formula is C20H25NO3S. The maximum absolute atomic E-state index is 12.0. The third-order valence-electron chi connectivity index (χ3n) is 5.49. The van der Waals surface area contributed by atoms with Gasteiger partial charge >= 0.3 is 5.97 Å². The van der Waals surface area contributed by atoms with Gasteiger partial charge in [0.05, 0.1) is 5.56 Å². The van der Waals surface area contributed by atoms with E-state index in [0.29, 0.717) is 17.0 Å². The van der Waals surface area contributed by atoms with Gasteiger partial charge in [0.1, 0.15) is 5.00 Å². The lowest BCUT2D eigenvalue weighted by Gasteiger charge is -2.33. The molecule has 1 N–H and O–H groups in total. The van der Waals surface area contributed by atoms with Gasteiger partial charge in [-0.25, -0.2) is 4.79 Å². The predicted molar refractivity (Wildman–Crippen MR) is 100 cm³/mol. The average molecular weight is 359 g/mol. The molecule has 25 heavy (non-hydrogen) atoms. The molecule has 1 aliphatic rings. The lowest BCUT2D eigenvalue weighted by atomic mass is 9.72. The van der Waals surface area contributed by atoms with E-state index in [2.05, 4.69) is 20.8 Å². The molecular weight excluding hydrogens is 334 g/mol. The second kappa shape index (κ2) is 6.13. The Bertz CT molecular complexity index is 851. The monoisotopic (exact) mass is 359 g/mol. The number of hydrogen-bond acceptors (Lipinski definition) is 3. The number of aromatic nitrogens is 1. The number of thiophene rings is 1. The summed E-state index contributed by atoms with van der Waals surface area (Å²) >= 11 is 1.58. The number of carbonyl (C=O) groups excluding carboxylic acids is 1. The van der Waals surface area contributed by atoms with Crippen LogP contribution in [0.5, 0.6) is 0 Å². The van der Waals surface area contributed by atoms with Crippen molar-refractivity contribution < 1.29 is 14.7 Å². The summed E-state index contributed by atoms with van der Waals surface area (Å²) in [5.41, 5.74) is 3.96. The van der Waals surface area contributed by atoms with Crippen LogP contribution in [-0.4, -0.2) is 21.9 Å². The van der Waals surface area contributed by atoms with E-state index < -0.39 is 5.97 Å². The molecule has 0 saturated carbocycles. The van der Waals surface area contributed by atoms with Gasteiger partial charge in [0, 0.05) is 21.8 Å². The Labute approximate surface area is 152 Å². The van der Waals surface area contributed by atoms with Gasteiger partial charge in [0.2, 0.25) is 0 Å². The summed E-state index contributed by atoms with van der Waals surface area (Å²) in [7, 11) is 0. The van der Waals surface area contributed by atoms with Crippen LogP contribution in [0.25, 0.3) is 5.00 Å². The largest absolute Gasteiger partial charge is 0.478 e. The van der Waals surface area contributed by atoms with Crippen LogP contribution < -0.4 is 0 Å². The Morgan fingerprint density at radius 1 is 1.36 bits per heavy atom. The van der Waals surface area contributed by atoms with Crippen LogP contribution in [0.15, 0.2) is 6.07 Å². The summed E-state index contributed by atoms with van der Waals surface area (Å²) < 4.78 is 1.93. The number of aldehydes is 1. The van der Waals surface area contributed by atoms with Gasteiger partial charge < -0.3 is 9.67 Å². The van der Waals surface area contributed by atoms with Gasteiger partial charge in [-0.15, -0.1) is 11.3 Å². The zero-order valence-electron chi connectivity index (χ0n) is 15.5. The highest BCUT2D eigenvalue weighted by Gasteiger charge is 2.34. The first-order valence-corrected chi connectivity index (χ1v) is 9.49. The van der Waals surface area contributed by atoms with Crippen LogP contribution >= 0.6 is 11.3 Å². The van der Waals surface area contributed by atoms with Crippen molar-refractivity contribution in [2.45, 2.75) is 53.9 Å². The highest BCUT2D eigenvalue weighted by atomic mass is 32.1. The highest BCUT2D eigenvalue weighted by Crippen LogP contribution is 2.44. The molecule has 134 valence electrons. The summed E-state index contributed by atoms with van der Waals surface area (Å²) in [5.74, 6) is -0.313. The highest BCUT2D eigenvalue weighted by molar-refractivity contribution is 7.15. The second-order valence-electron chi connectivity index (χ2n) is 8.07. The fourth-order valence-electron chi connectivity index (χ4n) is 3.91. The van der Waals surface area contributed by atoms with E-state index in [9.17, 15) is 14.7 Å². The number of carbonyl (C=O) groups is 2. The first kappa shape index (κ1) is 17.9. The summed E-state index contributed by atoms with van der Waals surface area (Å²) in [4.78, 5) is 24.5. The van der Waals surface area contributed by atoms with Crippen molar-refractivity contribution in [3.05, 3.63) is 39.0 Å². The van der Waals surface area contributed by atoms with Crippen molar-refractivity contribution in [1.82, 2.24) is 4.57 Å². The quantitative estimate of drug-likeness (QED) is 0.800. The van der Waals surface area contributed by atoms with Crippen molar-refractivity contribution in [2.24, 2.45) is 11.3 Å². The molecule has 0 fully saturated rings. The van der Waals surface area contributed by atoms with Crippen molar-refractivity contribution in [1.29, 1.82) is 0 Å². The number of hydrogen-bond donors (Lipinski definition) is 1. The van der Waals surface area contributed by atoms with Crippen LogP contribution in [-0.2, 0) is 12.8 Å². The minimum Gasteiger partial charge on any atom is -0.478 e. The molecule has 0 amide bonds. The topological polar surface area (TPSA) is 59.3 Å².